The van der Waals surface area contributed by atoms with Crippen LogP contribution in [0.2, 0.25) is 0 Å². The highest BCUT2D eigenvalue weighted by atomic mass is 32.2. The van der Waals surface area contributed by atoms with Crippen molar-refractivity contribution in [1.82, 2.24) is 14.9 Å². The summed E-state index contributed by atoms with van der Waals surface area (Å²) in [4.78, 5) is 2.30. The maximum atomic E-state index is 11.2. The van der Waals surface area contributed by atoms with Gasteiger partial charge in [0, 0.05) is 38.8 Å². The average Bonchev–Trinajstić information content (AvgIpc) is 2.21. The predicted octanol–water partition coefficient (Wildman–Crippen LogP) is -0.781. The van der Waals surface area contributed by atoms with Crippen LogP contribution >= 0.6 is 0 Å². The maximum Gasteiger partial charge on any atom is 0.211 e. The molecule has 5 nitrogen and oxygen atoms in total. The summed E-state index contributed by atoms with van der Waals surface area (Å²) in [6, 6.07) is 0.491. The summed E-state index contributed by atoms with van der Waals surface area (Å²) in [5.41, 5.74) is 0. The quantitative estimate of drug-likeness (QED) is 0.656. The molecule has 1 saturated heterocycles. The van der Waals surface area contributed by atoms with E-state index in [0.29, 0.717) is 12.6 Å². The topological polar surface area (TPSA) is 61.4 Å². The first-order valence-electron chi connectivity index (χ1n) is 5.47. The molecular weight excluding hydrogens is 214 g/mol. The standard InChI is InChI=1S/C9H21N3O2S/c1-3-15(13,14)11-5-7-12-6-4-10-8-9(12)2/h9-11H,3-8H2,1-2H3/t9-/m0/s1. The molecule has 0 aromatic heterocycles. The largest absolute Gasteiger partial charge is 0.314 e. The van der Waals surface area contributed by atoms with E-state index in [4.69, 9.17) is 0 Å². The first-order chi connectivity index (χ1) is 7.05. The van der Waals surface area contributed by atoms with Gasteiger partial charge in [0.15, 0.2) is 0 Å². The van der Waals surface area contributed by atoms with Crippen LogP contribution in [0.3, 0.4) is 0 Å². The Hall–Kier alpha value is -0.170. The van der Waals surface area contributed by atoms with Gasteiger partial charge in [-0.15, -0.1) is 0 Å². The fourth-order valence-electron chi connectivity index (χ4n) is 1.66. The Morgan fingerprint density at radius 3 is 2.87 bits per heavy atom. The Bertz CT molecular complexity index is 279. The van der Waals surface area contributed by atoms with Crippen LogP contribution in [0.15, 0.2) is 0 Å². The molecule has 2 N–H and O–H groups in total. The van der Waals surface area contributed by atoms with Crippen molar-refractivity contribution in [2.24, 2.45) is 0 Å². The number of piperazine rings is 1. The predicted molar refractivity (Wildman–Crippen MR) is 61.4 cm³/mol. The van der Waals surface area contributed by atoms with E-state index >= 15 is 0 Å². The lowest BCUT2D eigenvalue weighted by Gasteiger charge is -2.33. The fraction of sp³-hybridized carbons (Fsp3) is 1.00. The molecular formula is C9H21N3O2S. The molecule has 1 aliphatic heterocycles. The van der Waals surface area contributed by atoms with Gasteiger partial charge in [0.05, 0.1) is 5.75 Å². The Labute approximate surface area is 92.3 Å². The number of rotatable bonds is 5. The van der Waals surface area contributed by atoms with Gasteiger partial charge in [0.2, 0.25) is 10.0 Å². The molecule has 0 aromatic carbocycles. The second kappa shape index (κ2) is 5.79. The molecule has 0 unspecified atom stereocenters. The van der Waals surface area contributed by atoms with E-state index in [2.05, 4.69) is 21.9 Å². The molecule has 0 amide bonds. The average molecular weight is 235 g/mol. The first kappa shape index (κ1) is 12.9. The third-order valence-electron chi connectivity index (χ3n) is 2.74. The molecule has 90 valence electrons. The third-order valence-corrected chi connectivity index (χ3v) is 4.14. The molecule has 0 aromatic rings. The Balaban J connectivity index is 2.25. The minimum absolute atomic E-state index is 0.157. The van der Waals surface area contributed by atoms with Crippen molar-refractivity contribution in [2.75, 3.05) is 38.5 Å². The zero-order valence-electron chi connectivity index (χ0n) is 9.49. The van der Waals surface area contributed by atoms with Crippen molar-refractivity contribution < 1.29 is 8.42 Å². The number of nitrogens with zero attached hydrogens (tertiary/aromatic N) is 1. The lowest BCUT2D eigenvalue weighted by molar-refractivity contribution is 0.177. The van der Waals surface area contributed by atoms with Crippen LogP contribution in [0.1, 0.15) is 13.8 Å². The molecule has 1 fully saturated rings. The van der Waals surface area contributed by atoms with Gasteiger partial charge in [-0.2, -0.15) is 0 Å². The lowest BCUT2D eigenvalue weighted by atomic mass is 10.2. The molecule has 0 spiro atoms. The molecule has 15 heavy (non-hydrogen) atoms. The van der Waals surface area contributed by atoms with E-state index in [9.17, 15) is 8.42 Å². The van der Waals surface area contributed by atoms with Crippen molar-refractivity contribution >= 4 is 10.0 Å². The van der Waals surface area contributed by atoms with Crippen molar-refractivity contribution in [3.63, 3.8) is 0 Å². The normalized spacial score (nSPS) is 24.3. The molecule has 1 aliphatic rings. The summed E-state index contributed by atoms with van der Waals surface area (Å²) in [6.45, 7) is 8.08. The van der Waals surface area contributed by atoms with Gasteiger partial charge in [-0.1, -0.05) is 0 Å². The smallest absolute Gasteiger partial charge is 0.211 e. The van der Waals surface area contributed by atoms with E-state index in [0.717, 1.165) is 26.2 Å². The monoisotopic (exact) mass is 235 g/mol. The summed E-state index contributed by atoms with van der Waals surface area (Å²) in [5.74, 6) is 0.157. The second-order valence-corrected chi connectivity index (χ2v) is 5.98. The molecule has 0 saturated carbocycles. The Kier molecular flexibility index (Phi) is 4.98. The van der Waals surface area contributed by atoms with Crippen LogP contribution in [0.5, 0.6) is 0 Å². The van der Waals surface area contributed by atoms with Crippen LogP contribution in [-0.4, -0.2) is 57.8 Å². The summed E-state index contributed by atoms with van der Waals surface area (Å²) in [5, 5.41) is 3.30. The van der Waals surface area contributed by atoms with Crippen LogP contribution < -0.4 is 10.0 Å². The van der Waals surface area contributed by atoms with E-state index in [1.165, 1.54) is 0 Å². The number of nitrogens with one attached hydrogen (secondary N) is 2. The van der Waals surface area contributed by atoms with Crippen LogP contribution in [0.4, 0.5) is 0 Å². The van der Waals surface area contributed by atoms with Crippen molar-refractivity contribution in [2.45, 2.75) is 19.9 Å². The second-order valence-electron chi connectivity index (χ2n) is 3.89. The van der Waals surface area contributed by atoms with E-state index in [-0.39, 0.29) is 5.75 Å². The summed E-state index contributed by atoms with van der Waals surface area (Å²) in [6.07, 6.45) is 0. The molecule has 0 bridgehead atoms. The molecule has 1 rings (SSSR count). The SMILES string of the molecule is CCS(=O)(=O)NCCN1CCNC[C@@H]1C. The summed E-state index contributed by atoms with van der Waals surface area (Å²) in [7, 11) is -3.03. The zero-order valence-corrected chi connectivity index (χ0v) is 10.3. The highest BCUT2D eigenvalue weighted by molar-refractivity contribution is 7.89. The lowest BCUT2D eigenvalue weighted by Crippen LogP contribution is -2.51. The van der Waals surface area contributed by atoms with Crippen LogP contribution in [0, 0.1) is 0 Å². The summed E-state index contributed by atoms with van der Waals surface area (Å²) >= 11 is 0. The Morgan fingerprint density at radius 2 is 2.27 bits per heavy atom. The number of sulfonamides is 1. The molecule has 0 radical (unpaired) electrons. The van der Waals surface area contributed by atoms with Gasteiger partial charge >= 0.3 is 0 Å². The minimum Gasteiger partial charge on any atom is -0.314 e. The fourth-order valence-corrected chi connectivity index (χ4v) is 2.27. The summed E-state index contributed by atoms with van der Waals surface area (Å²) < 4.78 is 24.9. The van der Waals surface area contributed by atoms with Gasteiger partial charge in [-0.05, 0) is 13.8 Å². The first-order valence-corrected chi connectivity index (χ1v) is 7.12. The van der Waals surface area contributed by atoms with Gasteiger partial charge in [-0.3, -0.25) is 4.90 Å². The van der Waals surface area contributed by atoms with Gasteiger partial charge < -0.3 is 5.32 Å². The van der Waals surface area contributed by atoms with Crippen LogP contribution in [0.25, 0.3) is 0 Å². The molecule has 1 atom stereocenters. The molecule has 6 heteroatoms. The van der Waals surface area contributed by atoms with Gasteiger partial charge in [0.1, 0.15) is 0 Å². The zero-order chi connectivity index (χ0) is 11.3. The number of hydrogen-bond donors (Lipinski definition) is 2. The highest BCUT2D eigenvalue weighted by Crippen LogP contribution is 2.00. The molecule has 1 heterocycles. The maximum absolute atomic E-state index is 11.2. The van der Waals surface area contributed by atoms with Gasteiger partial charge in [-0.25, -0.2) is 13.1 Å². The highest BCUT2D eigenvalue weighted by Gasteiger charge is 2.17. The van der Waals surface area contributed by atoms with Crippen LogP contribution in [-0.2, 0) is 10.0 Å². The minimum atomic E-state index is -3.03. The molecule has 0 aliphatic carbocycles. The Morgan fingerprint density at radius 1 is 1.53 bits per heavy atom. The van der Waals surface area contributed by atoms with Crippen molar-refractivity contribution in [1.29, 1.82) is 0 Å². The van der Waals surface area contributed by atoms with E-state index in [1.807, 2.05) is 0 Å². The van der Waals surface area contributed by atoms with E-state index in [1.54, 1.807) is 6.92 Å². The number of hydrogen-bond acceptors (Lipinski definition) is 4. The van der Waals surface area contributed by atoms with Gasteiger partial charge in [0.25, 0.3) is 0 Å². The van der Waals surface area contributed by atoms with Crippen molar-refractivity contribution in [3.8, 4) is 0 Å². The van der Waals surface area contributed by atoms with Crippen molar-refractivity contribution in [3.05, 3.63) is 0 Å². The third kappa shape index (κ3) is 4.46. The van der Waals surface area contributed by atoms with E-state index < -0.39 is 10.0 Å².